The average Bonchev–Trinajstić information content (AvgIpc) is 2.80. The molecule has 3 aromatic carbocycles. The second-order valence-electron chi connectivity index (χ2n) is 6.67. The van der Waals surface area contributed by atoms with Gasteiger partial charge in [-0.3, -0.25) is 9.59 Å². The third-order valence-corrected chi connectivity index (χ3v) is 6.81. The molecule has 0 radical (unpaired) electrons. The van der Waals surface area contributed by atoms with E-state index in [0.717, 1.165) is 17.6 Å². The van der Waals surface area contributed by atoms with Gasteiger partial charge < -0.3 is 0 Å². The van der Waals surface area contributed by atoms with Gasteiger partial charge in [-0.25, -0.2) is 14.9 Å². The number of anilines is 1. The molecule has 4 aromatic rings. The van der Waals surface area contributed by atoms with Gasteiger partial charge in [0.15, 0.2) is 5.82 Å². The van der Waals surface area contributed by atoms with E-state index in [1.54, 1.807) is 54.7 Å². The fourth-order valence-electron chi connectivity index (χ4n) is 3.13. The van der Waals surface area contributed by atoms with Crippen LogP contribution in [-0.2, 0) is 0 Å². The molecule has 8 heteroatoms. The van der Waals surface area contributed by atoms with Crippen LogP contribution in [0.15, 0.2) is 85.3 Å². The van der Waals surface area contributed by atoms with Crippen molar-refractivity contribution in [2.75, 3.05) is 4.90 Å². The maximum absolute atomic E-state index is 13.7. The van der Waals surface area contributed by atoms with Crippen LogP contribution in [0.5, 0.6) is 0 Å². The molecule has 4 rings (SSSR count). The normalized spacial score (nSPS) is 10.6. The Morgan fingerprint density at radius 1 is 0.781 bits per heavy atom. The number of nitrogens with zero attached hydrogens (tertiary/aromatic N) is 3. The number of aromatic nitrogens is 2. The number of amides is 2. The van der Waals surface area contributed by atoms with Crippen LogP contribution in [0.3, 0.4) is 0 Å². The summed E-state index contributed by atoms with van der Waals surface area (Å²) in [4.78, 5) is 37.1. The van der Waals surface area contributed by atoms with E-state index >= 15 is 0 Å². The number of rotatable bonds is 4. The van der Waals surface area contributed by atoms with Gasteiger partial charge >= 0.3 is 0 Å². The highest BCUT2D eigenvalue weighted by molar-refractivity contribution is 14.1. The van der Waals surface area contributed by atoms with Crippen molar-refractivity contribution in [3.63, 3.8) is 0 Å². The molecule has 0 N–H and O–H groups in total. The summed E-state index contributed by atoms with van der Waals surface area (Å²) in [6.07, 6.45) is 2.92. The second kappa shape index (κ2) is 10.1. The summed E-state index contributed by atoms with van der Waals surface area (Å²) in [6.45, 7) is 0. The average molecular weight is 666 g/mol. The predicted octanol–water partition coefficient (Wildman–Crippen LogP) is 6.49. The number of carbonyl (C=O) groups is 2. The standard InChI is InChI=1S/C24H14ClI2N3O2/c25-16-11-9-15(10-12-16)19-13-28-14-29-22(19)30(23(31)17-5-1-3-7-20(17)26)24(32)18-6-2-4-8-21(18)27/h1-14H. The highest BCUT2D eigenvalue weighted by atomic mass is 127. The quantitative estimate of drug-likeness (QED) is 0.185. The minimum absolute atomic E-state index is 0.205. The molecule has 1 heterocycles. The zero-order chi connectivity index (χ0) is 22.7. The lowest BCUT2D eigenvalue weighted by molar-refractivity contribution is 0.0895. The number of hydrogen-bond acceptors (Lipinski definition) is 4. The van der Waals surface area contributed by atoms with Crippen LogP contribution in [0, 0.1) is 7.14 Å². The zero-order valence-electron chi connectivity index (χ0n) is 16.4. The van der Waals surface area contributed by atoms with Crippen molar-refractivity contribution >= 4 is 74.4 Å². The molecule has 0 aliphatic heterocycles. The largest absolute Gasteiger partial charge is 0.268 e. The van der Waals surface area contributed by atoms with Gasteiger partial charge in [0.05, 0.1) is 11.1 Å². The third-order valence-electron chi connectivity index (χ3n) is 4.67. The van der Waals surface area contributed by atoms with E-state index in [4.69, 9.17) is 11.6 Å². The summed E-state index contributed by atoms with van der Waals surface area (Å²) in [5.74, 6) is -0.723. The number of carbonyl (C=O) groups excluding carboxylic acids is 2. The minimum atomic E-state index is -0.464. The lowest BCUT2D eigenvalue weighted by Crippen LogP contribution is -2.39. The van der Waals surface area contributed by atoms with Gasteiger partial charge in [0, 0.05) is 23.9 Å². The van der Waals surface area contributed by atoms with Crippen molar-refractivity contribution in [1.29, 1.82) is 0 Å². The molecule has 2 amide bonds. The summed E-state index contributed by atoms with van der Waals surface area (Å²) >= 11 is 10.2. The van der Waals surface area contributed by atoms with Crippen molar-refractivity contribution in [1.82, 2.24) is 9.97 Å². The Morgan fingerprint density at radius 3 is 1.84 bits per heavy atom. The first-order valence-electron chi connectivity index (χ1n) is 9.41. The van der Waals surface area contributed by atoms with Gasteiger partial charge in [-0.1, -0.05) is 48.0 Å². The molecule has 0 fully saturated rings. The molecule has 158 valence electrons. The summed E-state index contributed by atoms with van der Waals surface area (Å²) in [5.41, 5.74) is 2.10. The molecule has 0 aliphatic carbocycles. The smallest absolute Gasteiger partial charge is 0.267 e. The van der Waals surface area contributed by atoms with Crippen molar-refractivity contribution in [3.05, 3.63) is 109 Å². The van der Waals surface area contributed by atoms with Crippen molar-refractivity contribution in [3.8, 4) is 11.1 Å². The highest BCUT2D eigenvalue weighted by Crippen LogP contribution is 2.32. The number of hydrogen-bond donors (Lipinski definition) is 0. The number of imide groups is 1. The molecule has 0 bridgehead atoms. The van der Waals surface area contributed by atoms with E-state index < -0.39 is 11.8 Å². The van der Waals surface area contributed by atoms with E-state index in [1.807, 2.05) is 24.3 Å². The van der Waals surface area contributed by atoms with Crippen LogP contribution in [0.1, 0.15) is 20.7 Å². The van der Waals surface area contributed by atoms with Crippen molar-refractivity contribution in [2.45, 2.75) is 0 Å². The minimum Gasteiger partial charge on any atom is -0.268 e. The van der Waals surface area contributed by atoms with Crippen LogP contribution < -0.4 is 4.90 Å². The highest BCUT2D eigenvalue weighted by Gasteiger charge is 2.31. The van der Waals surface area contributed by atoms with E-state index in [9.17, 15) is 9.59 Å². The molecular weight excluding hydrogens is 652 g/mol. The van der Waals surface area contributed by atoms with Crippen LogP contribution in [0.25, 0.3) is 11.1 Å². The van der Waals surface area contributed by atoms with E-state index in [0.29, 0.717) is 21.7 Å². The van der Waals surface area contributed by atoms with E-state index in [-0.39, 0.29) is 5.82 Å². The molecular formula is C24H14ClI2N3O2. The molecule has 0 atom stereocenters. The zero-order valence-corrected chi connectivity index (χ0v) is 21.4. The van der Waals surface area contributed by atoms with Crippen LogP contribution in [0.4, 0.5) is 5.82 Å². The van der Waals surface area contributed by atoms with Crippen molar-refractivity contribution in [2.24, 2.45) is 0 Å². The van der Waals surface area contributed by atoms with Crippen molar-refractivity contribution < 1.29 is 9.59 Å². The molecule has 32 heavy (non-hydrogen) atoms. The maximum Gasteiger partial charge on any atom is 0.267 e. The van der Waals surface area contributed by atoms with Crippen LogP contribution >= 0.6 is 56.8 Å². The Hall–Kier alpha value is -2.37. The summed E-state index contributed by atoms with van der Waals surface area (Å²) in [6, 6.07) is 21.3. The third kappa shape index (κ3) is 4.69. The van der Waals surface area contributed by atoms with E-state index in [1.165, 1.54) is 6.33 Å². The lowest BCUT2D eigenvalue weighted by atomic mass is 10.1. The molecule has 0 saturated heterocycles. The topological polar surface area (TPSA) is 63.2 Å². The molecule has 5 nitrogen and oxygen atoms in total. The maximum atomic E-state index is 13.7. The Morgan fingerprint density at radius 2 is 1.31 bits per heavy atom. The van der Waals surface area contributed by atoms with Gasteiger partial charge in [-0.2, -0.15) is 0 Å². The number of halogens is 3. The molecule has 0 aliphatic rings. The summed E-state index contributed by atoms with van der Waals surface area (Å²) in [5, 5.41) is 0.578. The van der Waals surface area contributed by atoms with Crippen LogP contribution in [-0.4, -0.2) is 21.8 Å². The fourth-order valence-corrected chi connectivity index (χ4v) is 4.49. The van der Waals surface area contributed by atoms with Gasteiger partial charge in [0.2, 0.25) is 0 Å². The molecule has 1 aromatic heterocycles. The van der Waals surface area contributed by atoms with Gasteiger partial charge in [0.1, 0.15) is 6.33 Å². The second-order valence-corrected chi connectivity index (χ2v) is 9.43. The Bertz CT molecular complexity index is 1260. The van der Waals surface area contributed by atoms with E-state index in [2.05, 4.69) is 55.1 Å². The first-order valence-corrected chi connectivity index (χ1v) is 11.9. The van der Waals surface area contributed by atoms with Crippen LogP contribution in [0.2, 0.25) is 5.02 Å². The summed E-state index contributed by atoms with van der Waals surface area (Å²) < 4.78 is 1.47. The Kier molecular flexibility index (Phi) is 7.17. The SMILES string of the molecule is O=C(c1ccccc1I)N(C(=O)c1ccccc1I)c1ncncc1-c1ccc(Cl)cc1. The lowest BCUT2D eigenvalue weighted by Gasteiger charge is -2.23. The Balaban J connectivity index is 1.92. The first kappa shape index (κ1) is 22.8. The molecule has 0 spiro atoms. The first-order chi connectivity index (χ1) is 15.5. The molecule has 0 saturated carbocycles. The Labute approximate surface area is 217 Å². The molecule has 0 unspecified atom stereocenters. The van der Waals surface area contributed by atoms with Gasteiger partial charge in [-0.15, -0.1) is 0 Å². The monoisotopic (exact) mass is 665 g/mol. The predicted molar refractivity (Wildman–Crippen MR) is 142 cm³/mol. The number of benzene rings is 3. The summed E-state index contributed by atoms with van der Waals surface area (Å²) in [7, 11) is 0. The van der Waals surface area contributed by atoms with Gasteiger partial charge in [-0.05, 0) is 87.1 Å². The fraction of sp³-hybridized carbons (Fsp3) is 0. The van der Waals surface area contributed by atoms with Gasteiger partial charge in [0.25, 0.3) is 11.8 Å².